The Labute approximate surface area is 103 Å². The molecule has 3 nitrogen and oxygen atoms in total. The molecule has 1 N–H and O–H groups in total. The zero-order valence-electron chi connectivity index (χ0n) is 9.26. The average molecular weight is 244 g/mol. The Morgan fingerprint density at radius 1 is 0.833 bits per heavy atom. The van der Waals surface area contributed by atoms with Gasteiger partial charge in [0.15, 0.2) is 5.78 Å². The average Bonchev–Trinajstić information content (AvgIpc) is 2.38. The summed E-state index contributed by atoms with van der Waals surface area (Å²) in [7, 11) is 0. The van der Waals surface area contributed by atoms with Gasteiger partial charge in [0.05, 0.1) is 11.1 Å². The summed E-state index contributed by atoms with van der Waals surface area (Å²) in [6.45, 7) is 0. The van der Waals surface area contributed by atoms with Crippen LogP contribution in [0.1, 0.15) is 26.3 Å². The lowest BCUT2D eigenvalue weighted by molar-refractivity contribution is 0.0692. The number of rotatable bonds is 3. The number of ketones is 1. The summed E-state index contributed by atoms with van der Waals surface area (Å²) < 4.78 is 13.5. The van der Waals surface area contributed by atoms with Crippen LogP contribution in [0.3, 0.4) is 0 Å². The molecule has 0 bridgehead atoms. The Hall–Kier alpha value is -2.49. The van der Waals surface area contributed by atoms with Gasteiger partial charge in [-0.25, -0.2) is 9.18 Å². The van der Waals surface area contributed by atoms with Gasteiger partial charge in [-0.2, -0.15) is 0 Å². The normalized spacial score (nSPS) is 10.1. The maximum absolute atomic E-state index is 13.5. The molecule has 2 aromatic rings. The summed E-state index contributed by atoms with van der Waals surface area (Å²) in [5.74, 6) is -2.51. The monoisotopic (exact) mass is 244 g/mol. The number of hydrogen-bond acceptors (Lipinski definition) is 2. The first-order valence-electron chi connectivity index (χ1n) is 5.23. The van der Waals surface area contributed by atoms with Crippen molar-refractivity contribution in [3.05, 3.63) is 71.0 Å². The molecule has 0 saturated heterocycles. The summed E-state index contributed by atoms with van der Waals surface area (Å²) >= 11 is 0. The fourth-order valence-electron chi connectivity index (χ4n) is 1.66. The van der Waals surface area contributed by atoms with Gasteiger partial charge in [0.25, 0.3) is 0 Å². The van der Waals surface area contributed by atoms with Crippen molar-refractivity contribution in [1.29, 1.82) is 0 Å². The molecule has 0 amide bonds. The highest BCUT2D eigenvalue weighted by Crippen LogP contribution is 2.16. The molecule has 0 spiro atoms. The van der Waals surface area contributed by atoms with Gasteiger partial charge < -0.3 is 5.11 Å². The van der Waals surface area contributed by atoms with Crippen LogP contribution in [0.15, 0.2) is 48.5 Å². The SMILES string of the molecule is O=C(O)c1ccccc1C(=O)c1ccccc1F. The van der Waals surface area contributed by atoms with E-state index in [1.807, 2.05) is 0 Å². The highest BCUT2D eigenvalue weighted by molar-refractivity contribution is 6.14. The lowest BCUT2D eigenvalue weighted by Crippen LogP contribution is -2.10. The number of aromatic carboxylic acids is 1. The molecule has 2 aromatic carbocycles. The smallest absolute Gasteiger partial charge is 0.336 e. The molecule has 0 aliphatic rings. The molecule has 0 unspecified atom stereocenters. The highest BCUT2D eigenvalue weighted by Gasteiger charge is 2.19. The van der Waals surface area contributed by atoms with Crippen molar-refractivity contribution in [1.82, 2.24) is 0 Å². The molecule has 0 aliphatic carbocycles. The molecule has 0 radical (unpaired) electrons. The van der Waals surface area contributed by atoms with Crippen LogP contribution in [-0.4, -0.2) is 16.9 Å². The van der Waals surface area contributed by atoms with Gasteiger partial charge in [-0.15, -0.1) is 0 Å². The second-order valence-electron chi connectivity index (χ2n) is 3.66. The van der Waals surface area contributed by atoms with Crippen molar-refractivity contribution in [2.24, 2.45) is 0 Å². The second kappa shape index (κ2) is 4.79. The van der Waals surface area contributed by atoms with Crippen LogP contribution in [0.2, 0.25) is 0 Å². The van der Waals surface area contributed by atoms with E-state index < -0.39 is 17.6 Å². The number of carboxylic acids is 1. The topological polar surface area (TPSA) is 54.4 Å². The fraction of sp³-hybridized carbons (Fsp3) is 0. The van der Waals surface area contributed by atoms with E-state index in [0.717, 1.165) is 6.07 Å². The molecular weight excluding hydrogens is 235 g/mol. The van der Waals surface area contributed by atoms with E-state index in [4.69, 9.17) is 5.11 Å². The number of carboxylic acid groups (broad SMARTS) is 1. The maximum Gasteiger partial charge on any atom is 0.336 e. The zero-order valence-corrected chi connectivity index (χ0v) is 9.26. The van der Waals surface area contributed by atoms with Crippen molar-refractivity contribution in [3.63, 3.8) is 0 Å². The minimum absolute atomic E-state index is 0.0184. The van der Waals surface area contributed by atoms with E-state index in [1.165, 1.54) is 36.4 Å². The molecule has 4 heteroatoms. The van der Waals surface area contributed by atoms with Gasteiger partial charge in [0.2, 0.25) is 0 Å². The molecule has 0 aliphatic heterocycles. The van der Waals surface area contributed by atoms with Crippen LogP contribution in [0.4, 0.5) is 4.39 Å². The quantitative estimate of drug-likeness (QED) is 0.844. The van der Waals surface area contributed by atoms with Gasteiger partial charge >= 0.3 is 5.97 Å². The summed E-state index contributed by atoms with van der Waals surface area (Å²) in [5.41, 5.74) is -0.285. The number of carbonyl (C=O) groups is 2. The van der Waals surface area contributed by atoms with E-state index in [1.54, 1.807) is 6.07 Å². The molecule has 18 heavy (non-hydrogen) atoms. The second-order valence-corrected chi connectivity index (χ2v) is 3.66. The molecule has 2 rings (SSSR count). The van der Waals surface area contributed by atoms with E-state index in [9.17, 15) is 14.0 Å². The Morgan fingerprint density at radius 3 is 1.89 bits per heavy atom. The molecule has 90 valence electrons. The van der Waals surface area contributed by atoms with Crippen LogP contribution < -0.4 is 0 Å². The third kappa shape index (κ3) is 2.13. The molecular formula is C14H9FO3. The van der Waals surface area contributed by atoms with E-state index >= 15 is 0 Å². The van der Waals surface area contributed by atoms with Crippen LogP contribution in [0.5, 0.6) is 0 Å². The first-order valence-corrected chi connectivity index (χ1v) is 5.23. The fourth-order valence-corrected chi connectivity index (χ4v) is 1.66. The Kier molecular flexibility index (Phi) is 3.19. The third-order valence-corrected chi connectivity index (χ3v) is 2.52. The highest BCUT2D eigenvalue weighted by atomic mass is 19.1. The predicted molar refractivity (Wildman–Crippen MR) is 63.2 cm³/mol. The van der Waals surface area contributed by atoms with Crippen molar-refractivity contribution in [2.45, 2.75) is 0 Å². The Bertz CT molecular complexity index is 620. The first-order chi connectivity index (χ1) is 8.61. The Morgan fingerprint density at radius 2 is 1.33 bits per heavy atom. The summed E-state index contributed by atoms with van der Waals surface area (Å²) in [5, 5.41) is 8.98. The number of carbonyl (C=O) groups excluding carboxylic acids is 1. The summed E-state index contributed by atoms with van der Waals surface area (Å²) in [6.07, 6.45) is 0. The van der Waals surface area contributed by atoms with E-state index in [-0.39, 0.29) is 16.7 Å². The largest absolute Gasteiger partial charge is 0.478 e. The van der Waals surface area contributed by atoms with Crippen LogP contribution >= 0.6 is 0 Å². The standard InChI is InChI=1S/C14H9FO3/c15-12-8-4-3-7-11(12)13(16)9-5-1-2-6-10(9)14(17)18/h1-8H,(H,17,18). The molecule has 0 saturated carbocycles. The minimum Gasteiger partial charge on any atom is -0.478 e. The number of halogens is 1. The molecule has 0 atom stereocenters. The van der Waals surface area contributed by atoms with Crippen molar-refractivity contribution < 1.29 is 19.1 Å². The number of benzene rings is 2. The van der Waals surface area contributed by atoms with Gasteiger partial charge in [-0.3, -0.25) is 4.79 Å². The van der Waals surface area contributed by atoms with Crippen molar-refractivity contribution in [3.8, 4) is 0 Å². The lowest BCUT2D eigenvalue weighted by atomic mass is 9.98. The summed E-state index contributed by atoms with van der Waals surface area (Å²) in [4.78, 5) is 23.1. The molecule has 0 heterocycles. The van der Waals surface area contributed by atoms with Gasteiger partial charge in [0.1, 0.15) is 5.82 Å². The van der Waals surface area contributed by atoms with Crippen molar-refractivity contribution >= 4 is 11.8 Å². The third-order valence-electron chi connectivity index (χ3n) is 2.52. The van der Waals surface area contributed by atoms with Gasteiger partial charge in [0, 0.05) is 5.56 Å². The molecule has 0 aromatic heterocycles. The van der Waals surface area contributed by atoms with E-state index in [2.05, 4.69) is 0 Å². The van der Waals surface area contributed by atoms with Gasteiger partial charge in [-0.1, -0.05) is 30.3 Å². The van der Waals surface area contributed by atoms with Crippen LogP contribution in [0, 0.1) is 5.82 Å². The predicted octanol–water partition coefficient (Wildman–Crippen LogP) is 2.75. The van der Waals surface area contributed by atoms with Gasteiger partial charge in [-0.05, 0) is 18.2 Å². The first kappa shape index (κ1) is 12.0. The number of hydrogen-bond donors (Lipinski definition) is 1. The summed E-state index contributed by atoms with van der Waals surface area (Å²) in [6, 6.07) is 11.2. The molecule has 0 fully saturated rings. The van der Waals surface area contributed by atoms with Crippen LogP contribution in [0.25, 0.3) is 0 Å². The Balaban J connectivity index is 2.54. The minimum atomic E-state index is -1.21. The van der Waals surface area contributed by atoms with Crippen LogP contribution in [-0.2, 0) is 0 Å². The maximum atomic E-state index is 13.5. The zero-order chi connectivity index (χ0) is 13.1. The van der Waals surface area contributed by atoms with E-state index in [0.29, 0.717) is 0 Å². The lowest BCUT2D eigenvalue weighted by Gasteiger charge is -2.05. The van der Waals surface area contributed by atoms with Crippen molar-refractivity contribution in [2.75, 3.05) is 0 Å².